The average molecular weight is 330 g/mol. The smallest absolute Gasteiger partial charge is 0.142 e. The summed E-state index contributed by atoms with van der Waals surface area (Å²) in [6.07, 6.45) is 0. The lowest BCUT2D eigenvalue weighted by Gasteiger charge is -2.05. The van der Waals surface area contributed by atoms with Crippen molar-refractivity contribution < 1.29 is 4.39 Å². The SMILES string of the molecule is Cn1c(-c2cc(F)ccc2Br)nc2ccc(C#N)cc21. The van der Waals surface area contributed by atoms with Crippen molar-refractivity contribution in [3.8, 4) is 17.5 Å². The van der Waals surface area contributed by atoms with Crippen LogP contribution in [0.4, 0.5) is 4.39 Å². The molecule has 1 aromatic heterocycles. The first-order valence-corrected chi connectivity index (χ1v) is 6.71. The monoisotopic (exact) mass is 329 g/mol. The van der Waals surface area contributed by atoms with Crippen molar-refractivity contribution in [2.45, 2.75) is 0 Å². The normalized spacial score (nSPS) is 10.7. The zero-order valence-corrected chi connectivity index (χ0v) is 12.1. The first kappa shape index (κ1) is 12.8. The quantitative estimate of drug-likeness (QED) is 0.676. The lowest BCUT2D eigenvalue weighted by Crippen LogP contribution is -1.94. The van der Waals surface area contributed by atoms with Gasteiger partial charge in [0.25, 0.3) is 0 Å². The number of benzene rings is 2. The Kier molecular flexibility index (Phi) is 3.03. The van der Waals surface area contributed by atoms with Crippen molar-refractivity contribution in [3.05, 3.63) is 52.3 Å². The maximum absolute atomic E-state index is 13.4. The zero-order chi connectivity index (χ0) is 14.3. The average Bonchev–Trinajstić information content (AvgIpc) is 2.78. The highest BCUT2D eigenvalue weighted by molar-refractivity contribution is 9.10. The lowest BCUT2D eigenvalue weighted by atomic mass is 10.2. The van der Waals surface area contributed by atoms with Gasteiger partial charge in [-0.1, -0.05) is 15.9 Å². The van der Waals surface area contributed by atoms with Crippen LogP contribution in [-0.2, 0) is 7.05 Å². The first-order chi connectivity index (χ1) is 9.60. The molecular weight excluding hydrogens is 321 g/mol. The van der Waals surface area contributed by atoms with Gasteiger partial charge >= 0.3 is 0 Å². The Labute approximate surface area is 123 Å². The number of hydrogen-bond acceptors (Lipinski definition) is 2. The molecule has 2 aromatic carbocycles. The second-order valence-corrected chi connectivity index (χ2v) is 5.29. The van der Waals surface area contributed by atoms with Crippen molar-refractivity contribution in [2.24, 2.45) is 7.05 Å². The number of hydrogen-bond donors (Lipinski definition) is 0. The van der Waals surface area contributed by atoms with Gasteiger partial charge in [0.1, 0.15) is 11.6 Å². The van der Waals surface area contributed by atoms with E-state index in [4.69, 9.17) is 5.26 Å². The molecule has 0 unspecified atom stereocenters. The molecule has 0 amide bonds. The highest BCUT2D eigenvalue weighted by Gasteiger charge is 2.13. The van der Waals surface area contributed by atoms with Crippen molar-refractivity contribution in [1.29, 1.82) is 5.26 Å². The second-order valence-electron chi connectivity index (χ2n) is 4.43. The summed E-state index contributed by atoms with van der Waals surface area (Å²) >= 11 is 3.41. The van der Waals surface area contributed by atoms with Crippen LogP contribution in [-0.4, -0.2) is 9.55 Å². The summed E-state index contributed by atoms with van der Waals surface area (Å²) in [5.41, 5.74) is 2.88. The molecule has 0 N–H and O–H groups in total. The van der Waals surface area contributed by atoms with Crippen molar-refractivity contribution >= 4 is 27.0 Å². The molecule has 0 fully saturated rings. The minimum atomic E-state index is -0.312. The molecule has 3 aromatic rings. The van der Waals surface area contributed by atoms with Crippen LogP contribution in [0.15, 0.2) is 40.9 Å². The molecule has 0 radical (unpaired) electrons. The van der Waals surface area contributed by atoms with Crippen LogP contribution in [0.3, 0.4) is 0 Å². The number of nitrogens with zero attached hydrogens (tertiary/aromatic N) is 3. The maximum Gasteiger partial charge on any atom is 0.142 e. The van der Waals surface area contributed by atoms with Crippen molar-refractivity contribution in [3.63, 3.8) is 0 Å². The standard InChI is InChI=1S/C15H9BrFN3/c1-20-14-6-9(8-18)2-5-13(14)19-15(20)11-7-10(17)3-4-12(11)16/h2-7H,1H3. The minimum absolute atomic E-state index is 0.312. The molecule has 3 nitrogen and oxygen atoms in total. The predicted octanol–water partition coefficient (Wildman–Crippen LogP) is 4.01. The summed E-state index contributed by atoms with van der Waals surface area (Å²) in [4.78, 5) is 4.52. The van der Waals surface area contributed by atoms with E-state index < -0.39 is 0 Å². The molecule has 98 valence electrons. The molecule has 0 saturated carbocycles. The highest BCUT2D eigenvalue weighted by atomic mass is 79.9. The number of aryl methyl sites for hydroxylation is 1. The third-order valence-corrected chi connectivity index (χ3v) is 3.87. The maximum atomic E-state index is 13.4. The van der Waals surface area contributed by atoms with Gasteiger partial charge in [0.05, 0.1) is 22.7 Å². The van der Waals surface area contributed by atoms with E-state index >= 15 is 0 Å². The van der Waals surface area contributed by atoms with Crippen molar-refractivity contribution in [1.82, 2.24) is 9.55 Å². The van der Waals surface area contributed by atoms with Crippen LogP contribution >= 0.6 is 15.9 Å². The summed E-state index contributed by atoms with van der Waals surface area (Å²) < 4.78 is 16.1. The van der Waals surface area contributed by atoms with E-state index in [1.165, 1.54) is 12.1 Å². The van der Waals surface area contributed by atoms with Crippen LogP contribution in [0.5, 0.6) is 0 Å². The largest absolute Gasteiger partial charge is 0.327 e. The van der Waals surface area contributed by atoms with Gasteiger partial charge in [-0.05, 0) is 36.4 Å². The van der Waals surface area contributed by atoms with E-state index in [0.29, 0.717) is 17.0 Å². The Bertz CT molecular complexity index is 861. The van der Waals surface area contributed by atoms with Crippen LogP contribution < -0.4 is 0 Å². The minimum Gasteiger partial charge on any atom is -0.327 e. The van der Waals surface area contributed by atoms with E-state index in [1.807, 2.05) is 11.6 Å². The summed E-state index contributed by atoms with van der Waals surface area (Å²) in [7, 11) is 1.85. The van der Waals surface area contributed by atoms with Crippen LogP contribution in [0.2, 0.25) is 0 Å². The number of rotatable bonds is 1. The first-order valence-electron chi connectivity index (χ1n) is 5.92. The fourth-order valence-corrected chi connectivity index (χ4v) is 2.59. The molecule has 0 atom stereocenters. The van der Waals surface area contributed by atoms with E-state index in [9.17, 15) is 4.39 Å². The lowest BCUT2D eigenvalue weighted by molar-refractivity contribution is 0.628. The Balaban J connectivity index is 2.30. The Morgan fingerprint density at radius 1 is 1.25 bits per heavy atom. The van der Waals surface area contributed by atoms with Gasteiger partial charge in [-0.2, -0.15) is 5.26 Å². The Morgan fingerprint density at radius 3 is 2.80 bits per heavy atom. The fraction of sp³-hybridized carbons (Fsp3) is 0.0667. The molecule has 3 rings (SSSR count). The molecule has 0 saturated heterocycles. The molecule has 1 heterocycles. The number of fused-ring (bicyclic) bond motifs is 1. The third-order valence-electron chi connectivity index (χ3n) is 3.18. The molecule has 0 aliphatic rings. The molecule has 0 aliphatic heterocycles. The molecular formula is C15H9BrFN3. The van der Waals surface area contributed by atoms with E-state index in [2.05, 4.69) is 27.0 Å². The zero-order valence-electron chi connectivity index (χ0n) is 10.6. The van der Waals surface area contributed by atoms with Gasteiger partial charge < -0.3 is 4.57 Å². The molecule has 0 aliphatic carbocycles. The number of imidazole rings is 1. The van der Waals surface area contributed by atoms with Gasteiger partial charge in [0.2, 0.25) is 0 Å². The molecule has 0 spiro atoms. The fourth-order valence-electron chi connectivity index (χ4n) is 2.17. The van der Waals surface area contributed by atoms with Gasteiger partial charge in [-0.15, -0.1) is 0 Å². The van der Waals surface area contributed by atoms with E-state index in [-0.39, 0.29) is 5.82 Å². The van der Waals surface area contributed by atoms with E-state index in [0.717, 1.165) is 15.5 Å². The number of nitriles is 1. The van der Waals surface area contributed by atoms with Crippen LogP contribution in [0.25, 0.3) is 22.4 Å². The highest BCUT2D eigenvalue weighted by Crippen LogP contribution is 2.30. The predicted molar refractivity (Wildman–Crippen MR) is 78.5 cm³/mol. The number of aromatic nitrogens is 2. The van der Waals surface area contributed by atoms with Gasteiger partial charge in [0, 0.05) is 17.1 Å². The van der Waals surface area contributed by atoms with Gasteiger partial charge in [0.15, 0.2) is 0 Å². The van der Waals surface area contributed by atoms with Gasteiger partial charge in [-0.3, -0.25) is 0 Å². The summed E-state index contributed by atoms with van der Waals surface area (Å²) in [6.45, 7) is 0. The van der Waals surface area contributed by atoms with Crippen LogP contribution in [0, 0.1) is 17.1 Å². The molecule has 20 heavy (non-hydrogen) atoms. The Hall–Kier alpha value is -2.19. The summed E-state index contributed by atoms with van der Waals surface area (Å²) in [5, 5.41) is 8.96. The second kappa shape index (κ2) is 4.73. The van der Waals surface area contributed by atoms with Crippen molar-refractivity contribution in [2.75, 3.05) is 0 Å². The summed E-state index contributed by atoms with van der Waals surface area (Å²) in [5.74, 6) is 0.342. The third kappa shape index (κ3) is 1.98. The molecule has 0 bridgehead atoms. The molecule has 5 heteroatoms. The number of halogens is 2. The van der Waals surface area contributed by atoms with Gasteiger partial charge in [-0.25, -0.2) is 9.37 Å². The topological polar surface area (TPSA) is 41.6 Å². The summed E-state index contributed by atoms with van der Waals surface area (Å²) in [6, 6.07) is 11.9. The van der Waals surface area contributed by atoms with E-state index in [1.54, 1.807) is 24.3 Å². The Morgan fingerprint density at radius 2 is 2.05 bits per heavy atom. The van der Waals surface area contributed by atoms with Crippen LogP contribution in [0.1, 0.15) is 5.56 Å².